The molecule has 63 heavy (non-hydrogen) atoms. The number of benzene rings is 4. The Bertz CT molecular complexity index is 2800. The zero-order valence-corrected chi connectivity index (χ0v) is 36.4. The molecule has 4 aromatic carbocycles. The van der Waals surface area contributed by atoms with E-state index in [1.165, 1.54) is 26.0 Å². The van der Waals surface area contributed by atoms with Crippen molar-refractivity contribution in [1.82, 2.24) is 30.4 Å². The van der Waals surface area contributed by atoms with Crippen molar-refractivity contribution >= 4 is 78.5 Å². The van der Waals surface area contributed by atoms with E-state index in [1.807, 2.05) is 52.4 Å². The molecule has 2 saturated heterocycles. The van der Waals surface area contributed by atoms with Crippen molar-refractivity contribution in [2.45, 2.75) is 69.3 Å². The standard InChI is InChI=1S/C48H49N7O7S/c1-27(60-2)41(52-47(58)61-3)45(56)54-20-8-12-37(54)36-23-33(26-49-36)29-14-15-32-25-40(63-39(32)24-29)31-16-18-34-30(22-31)17-19-35-43(34)51-44(50-35)38-13-9-21-55(38)46(57)42(53-48(59)62-4)28-10-6-5-7-11-28/h5-7,10-11,14-19,22,24-27,37-38,41-42H,8-9,12-13,20-21,23H2,1-4H3,(H,50,51)(H,52,58)(H,53,59)/t27-,37-,38-,41-,42+/m0/s1. The predicted octanol–water partition coefficient (Wildman–Crippen LogP) is 8.29. The molecule has 5 atom stereocenters. The smallest absolute Gasteiger partial charge is 0.407 e. The number of alkyl carbamates (subject to hydrolysis) is 2. The van der Waals surface area contributed by atoms with Gasteiger partial charge in [0.25, 0.3) is 5.91 Å². The van der Waals surface area contributed by atoms with Crippen LogP contribution in [0.5, 0.6) is 0 Å². The monoisotopic (exact) mass is 867 g/mol. The number of nitrogens with one attached hydrogen (secondary N) is 3. The summed E-state index contributed by atoms with van der Waals surface area (Å²) in [6.07, 6.45) is 3.89. The number of aromatic amines is 1. The summed E-state index contributed by atoms with van der Waals surface area (Å²) < 4.78 is 16.3. The van der Waals surface area contributed by atoms with Crippen LogP contribution in [0.1, 0.15) is 68.1 Å². The van der Waals surface area contributed by atoms with E-state index in [4.69, 9.17) is 24.2 Å². The molecule has 3 N–H and O–H groups in total. The molecular weight excluding hydrogens is 819 g/mol. The minimum Gasteiger partial charge on any atom is -0.453 e. The number of thiophene rings is 1. The van der Waals surface area contributed by atoms with Crippen LogP contribution in [0.15, 0.2) is 96.1 Å². The van der Waals surface area contributed by atoms with Gasteiger partial charge < -0.3 is 39.6 Å². The zero-order valence-electron chi connectivity index (χ0n) is 35.6. The number of likely N-dealkylation sites (tertiary alicyclic amines) is 2. The highest BCUT2D eigenvalue weighted by Gasteiger charge is 2.40. The molecule has 3 aliphatic rings. The molecular formula is C48H49N7O7S. The second kappa shape index (κ2) is 17.7. The molecule has 15 heteroatoms. The molecule has 0 unspecified atom stereocenters. The SMILES string of the molecule is COC(=O)N[C@H](C(=O)N1CCC[C@H]1C1=NC=C(c2ccc3cc(-c4ccc5c(ccc6[nH]c([C@@H]7CCCN7C(=O)[C@H](NC(=O)OC)c7ccccc7)nc65)c4)sc3c2)C1)[C@H](C)OC. The summed E-state index contributed by atoms with van der Waals surface area (Å²) in [6.45, 7) is 2.89. The van der Waals surface area contributed by atoms with Gasteiger partial charge in [0.2, 0.25) is 5.91 Å². The fourth-order valence-electron chi connectivity index (χ4n) is 9.18. The summed E-state index contributed by atoms with van der Waals surface area (Å²) in [6, 6.07) is 26.4. The third kappa shape index (κ3) is 8.14. The van der Waals surface area contributed by atoms with Crippen molar-refractivity contribution in [1.29, 1.82) is 0 Å². The maximum Gasteiger partial charge on any atom is 0.407 e. The number of hydrogen-bond acceptors (Lipinski definition) is 10. The number of aromatic nitrogens is 2. The van der Waals surface area contributed by atoms with Gasteiger partial charge in [0.15, 0.2) is 0 Å². The summed E-state index contributed by atoms with van der Waals surface area (Å²) in [4.78, 5) is 70.5. The van der Waals surface area contributed by atoms with Crippen molar-refractivity contribution in [3.05, 3.63) is 108 Å². The Morgan fingerprint density at radius 3 is 2.27 bits per heavy atom. The van der Waals surface area contributed by atoms with Crippen LogP contribution in [0.4, 0.5) is 9.59 Å². The number of nitrogens with zero attached hydrogens (tertiary/aromatic N) is 4. The third-order valence-corrected chi connectivity index (χ3v) is 13.7. The normalized spacial score (nSPS) is 18.9. The lowest BCUT2D eigenvalue weighted by Crippen LogP contribution is -2.56. The Kier molecular flexibility index (Phi) is 11.7. The van der Waals surface area contributed by atoms with Gasteiger partial charge in [-0.25, -0.2) is 14.6 Å². The number of carbonyl (C=O) groups is 4. The lowest BCUT2D eigenvalue weighted by molar-refractivity contribution is -0.136. The topological polar surface area (TPSA) is 168 Å². The number of H-pyrrole nitrogens is 1. The number of methoxy groups -OCH3 is 3. The van der Waals surface area contributed by atoms with E-state index in [0.717, 1.165) is 86.0 Å². The third-order valence-electron chi connectivity index (χ3n) is 12.6. The number of imidazole rings is 1. The van der Waals surface area contributed by atoms with Crippen molar-refractivity contribution in [3.8, 4) is 10.4 Å². The molecule has 6 aromatic rings. The fourth-order valence-corrected chi connectivity index (χ4v) is 10.3. The first-order valence-electron chi connectivity index (χ1n) is 21.2. The van der Waals surface area contributed by atoms with Gasteiger partial charge in [-0.15, -0.1) is 11.3 Å². The van der Waals surface area contributed by atoms with Gasteiger partial charge >= 0.3 is 12.2 Å². The van der Waals surface area contributed by atoms with Crippen LogP contribution in [0.2, 0.25) is 0 Å². The second-order valence-corrected chi connectivity index (χ2v) is 17.3. The first kappa shape index (κ1) is 41.8. The lowest BCUT2D eigenvalue weighted by Gasteiger charge is -2.31. The van der Waals surface area contributed by atoms with Crippen LogP contribution in [0, 0.1) is 0 Å². The second-order valence-electron chi connectivity index (χ2n) is 16.2. The van der Waals surface area contributed by atoms with Gasteiger partial charge in [0, 0.05) is 53.5 Å². The Balaban J connectivity index is 0.910. The van der Waals surface area contributed by atoms with E-state index in [2.05, 4.69) is 64.1 Å². The average molecular weight is 868 g/mol. The molecule has 3 aliphatic heterocycles. The van der Waals surface area contributed by atoms with E-state index >= 15 is 0 Å². The molecule has 5 heterocycles. The summed E-state index contributed by atoms with van der Waals surface area (Å²) in [5.74, 6) is 0.308. The summed E-state index contributed by atoms with van der Waals surface area (Å²) in [7, 11) is 4.08. The zero-order chi connectivity index (χ0) is 43.8. The van der Waals surface area contributed by atoms with E-state index in [-0.39, 0.29) is 23.9 Å². The van der Waals surface area contributed by atoms with Crippen LogP contribution >= 0.6 is 11.3 Å². The lowest BCUT2D eigenvalue weighted by atomic mass is 9.97. The highest BCUT2D eigenvalue weighted by Crippen LogP contribution is 2.40. The Morgan fingerprint density at radius 1 is 0.794 bits per heavy atom. The van der Waals surface area contributed by atoms with Gasteiger partial charge in [-0.1, -0.05) is 60.7 Å². The van der Waals surface area contributed by atoms with Gasteiger partial charge in [-0.05, 0) is 89.9 Å². The summed E-state index contributed by atoms with van der Waals surface area (Å²) in [5, 5.41) is 8.63. The first-order valence-corrected chi connectivity index (χ1v) is 22.1. The molecule has 14 nitrogen and oxygen atoms in total. The van der Waals surface area contributed by atoms with Crippen LogP contribution < -0.4 is 10.6 Å². The molecule has 0 aliphatic carbocycles. The molecule has 0 saturated carbocycles. The van der Waals surface area contributed by atoms with Crippen LogP contribution in [0.25, 0.3) is 47.9 Å². The first-order chi connectivity index (χ1) is 30.6. The number of hydrogen-bond donors (Lipinski definition) is 3. The van der Waals surface area contributed by atoms with Gasteiger partial charge in [-0.3, -0.25) is 14.6 Å². The molecule has 0 spiro atoms. The van der Waals surface area contributed by atoms with Gasteiger partial charge in [0.05, 0.1) is 43.4 Å². The van der Waals surface area contributed by atoms with Crippen LogP contribution in [-0.4, -0.2) is 102 Å². The summed E-state index contributed by atoms with van der Waals surface area (Å²) >= 11 is 1.74. The van der Waals surface area contributed by atoms with Crippen molar-refractivity contribution in [3.63, 3.8) is 0 Å². The quantitative estimate of drug-likeness (QED) is 0.117. The average Bonchev–Trinajstić information content (AvgIpc) is 4.18. The highest BCUT2D eigenvalue weighted by atomic mass is 32.1. The molecule has 324 valence electrons. The largest absolute Gasteiger partial charge is 0.453 e. The fraction of sp³-hybridized carbons (Fsp3) is 0.333. The Hall–Kier alpha value is -6.58. The number of aliphatic imine (C=N–C) groups is 1. The van der Waals surface area contributed by atoms with Crippen LogP contribution in [0.3, 0.4) is 0 Å². The number of ether oxygens (including phenoxy) is 3. The van der Waals surface area contributed by atoms with E-state index < -0.39 is 30.4 Å². The number of fused-ring (bicyclic) bond motifs is 4. The van der Waals surface area contributed by atoms with Gasteiger partial charge in [0.1, 0.15) is 17.9 Å². The van der Waals surface area contributed by atoms with Crippen molar-refractivity contribution in [2.24, 2.45) is 4.99 Å². The number of rotatable bonds is 11. The van der Waals surface area contributed by atoms with E-state index in [9.17, 15) is 19.2 Å². The van der Waals surface area contributed by atoms with Gasteiger partial charge in [-0.2, -0.15) is 0 Å². The molecule has 0 radical (unpaired) electrons. The molecule has 0 bridgehead atoms. The number of amides is 4. The van der Waals surface area contributed by atoms with Crippen LogP contribution in [-0.2, 0) is 23.8 Å². The Morgan fingerprint density at radius 2 is 1.51 bits per heavy atom. The number of carbonyl (C=O) groups excluding carboxylic acids is 4. The van der Waals surface area contributed by atoms with Crippen molar-refractivity contribution in [2.75, 3.05) is 34.4 Å². The molecule has 9 rings (SSSR count). The minimum absolute atomic E-state index is 0.160. The molecule has 4 amide bonds. The van der Waals surface area contributed by atoms with E-state index in [0.29, 0.717) is 25.1 Å². The Labute approximate surface area is 368 Å². The van der Waals surface area contributed by atoms with Crippen molar-refractivity contribution < 1.29 is 33.4 Å². The maximum absolute atomic E-state index is 14.1. The highest BCUT2D eigenvalue weighted by molar-refractivity contribution is 7.22. The molecule has 2 aromatic heterocycles. The summed E-state index contributed by atoms with van der Waals surface area (Å²) in [5.41, 5.74) is 6.67. The minimum atomic E-state index is -0.888. The molecule has 2 fully saturated rings. The maximum atomic E-state index is 14.1. The number of allylic oxidation sites excluding steroid dienone is 1. The van der Waals surface area contributed by atoms with E-state index in [1.54, 1.807) is 18.3 Å². The predicted molar refractivity (Wildman–Crippen MR) is 243 cm³/mol.